The number of nitrogens with one attached hydrogen (secondary N) is 2. The first kappa shape index (κ1) is 23.6. The fourth-order valence-corrected chi connectivity index (χ4v) is 4.48. The Bertz CT molecular complexity index is 1030. The van der Waals surface area contributed by atoms with Crippen LogP contribution in [0.5, 0.6) is 0 Å². The van der Waals surface area contributed by atoms with E-state index in [4.69, 9.17) is 4.74 Å². The summed E-state index contributed by atoms with van der Waals surface area (Å²) in [4.78, 5) is 41.9. The first-order chi connectivity index (χ1) is 16.5. The van der Waals surface area contributed by atoms with Crippen LogP contribution >= 0.6 is 0 Å². The van der Waals surface area contributed by atoms with Gasteiger partial charge in [-0.15, -0.1) is 0 Å². The summed E-state index contributed by atoms with van der Waals surface area (Å²) in [5.41, 5.74) is 3.11. The zero-order chi connectivity index (χ0) is 23.9. The van der Waals surface area contributed by atoms with E-state index >= 15 is 0 Å². The van der Waals surface area contributed by atoms with E-state index in [2.05, 4.69) is 15.5 Å². The minimum atomic E-state index is -0.422. The van der Waals surface area contributed by atoms with E-state index in [0.29, 0.717) is 29.1 Å². The van der Waals surface area contributed by atoms with E-state index in [1.165, 1.54) is 6.42 Å². The van der Waals surface area contributed by atoms with Crippen LogP contribution in [-0.4, -0.2) is 55.6 Å². The molecule has 2 fully saturated rings. The van der Waals surface area contributed by atoms with Gasteiger partial charge in [-0.25, -0.2) is 9.59 Å². The van der Waals surface area contributed by atoms with Crippen molar-refractivity contribution in [2.24, 2.45) is 0 Å². The summed E-state index contributed by atoms with van der Waals surface area (Å²) in [5, 5.41) is 5.60. The molecule has 0 radical (unpaired) electrons. The molecule has 2 aliphatic heterocycles. The van der Waals surface area contributed by atoms with Gasteiger partial charge in [0.1, 0.15) is 0 Å². The highest BCUT2D eigenvalue weighted by Crippen LogP contribution is 2.29. The standard InChI is InChI=1S/C26H32N4O4/c1-2-34-25(32)19-8-10-20(11-9-19)27-26(33)28-21-12-13-23(29-14-4-3-5-15-29)22(18-21)24(31)30-16-6-7-17-30/h8-13,18H,2-7,14-17H2,1H3,(H2,27,28,33). The van der Waals surface area contributed by atoms with Crippen molar-refractivity contribution in [1.29, 1.82) is 0 Å². The van der Waals surface area contributed by atoms with Gasteiger partial charge in [0.2, 0.25) is 0 Å². The van der Waals surface area contributed by atoms with Crippen molar-refractivity contribution in [2.75, 3.05) is 48.3 Å². The number of likely N-dealkylation sites (tertiary alicyclic amines) is 1. The second kappa shape index (κ2) is 11.0. The van der Waals surface area contributed by atoms with Crippen LogP contribution in [0.2, 0.25) is 0 Å². The Morgan fingerprint density at radius 2 is 1.44 bits per heavy atom. The molecule has 0 unspecified atom stereocenters. The zero-order valence-corrected chi connectivity index (χ0v) is 19.6. The molecule has 2 saturated heterocycles. The maximum Gasteiger partial charge on any atom is 0.338 e. The fraction of sp³-hybridized carbons (Fsp3) is 0.423. The average molecular weight is 465 g/mol. The highest BCUT2D eigenvalue weighted by atomic mass is 16.5. The normalized spacial score (nSPS) is 15.7. The third-order valence-corrected chi connectivity index (χ3v) is 6.23. The number of benzene rings is 2. The molecular weight excluding hydrogens is 432 g/mol. The van der Waals surface area contributed by atoms with Crippen molar-refractivity contribution in [3.63, 3.8) is 0 Å². The first-order valence-electron chi connectivity index (χ1n) is 12.1. The molecule has 4 rings (SSSR count). The van der Waals surface area contributed by atoms with Crippen molar-refractivity contribution in [2.45, 2.75) is 39.0 Å². The summed E-state index contributed by atoms with van der Waals surface area (Å²) in [6, 6.07) is 11.7. The van der Waals surface area contributed by atoms with Crippen LogP contribution in [0.15, 0.2) is 42.5 Å². The Morgan fingerprint density at radius 3 is 2.12 bits per heavy atom. The third-order valence-electron chi connectivity index (χ3n) is 6.23. The number of piperidine rings is 1. The van der Waals surface area contributed by atoms with Crippen LogP contribution in [-0.2, 0) is 4.74 Å². The van der Waals surface area contributed by atoms with Crippen LogP contribution in [0.3, 0.4) is 0 Å². The molecule has 0 atom stereocenters. The van der Waals surface area contributed by atoms with Crippen LogP contribution in [0.4, 0.5) is 21.9 Å². The number of esters is 1. The summed E-state index contributed by atoms with van der Waals surface area (Å²) in [6.07, 6.45) is 5.51. The molecule has 8 nitrogen and oxygen atoms in total. The molecule has 2 N–H and O–H groups in total. The Balaban J connectivity index is 1.47. The molecule has 3 amide bonds. The molecular formula is C26H32N4O4. The molecule has 34 heavy (non-hydrogen) atoms. The molecule has 0 saturated carbocycles. The second-order valence-electron chi connectivity index (χ2n) is 8.66. The number of hydrogen-bond donors (Lipinski definition) is 2. The molecule has 2 aromatic rings. The van der Waals surface area contributed by atoms with Gasteiger partial charge in [-0.3, -0.25) is 4.79 Å². The predicted octanol–water partition coefficient (Wildman–Crippen LogP) is 4.73. The van der Waals surface area contributed by atoms with E-state index in [1.54, 1.807) is 37.3 Å². The monoisotopic (exact) mass is 464 g/mol. The number of carbonyl (C=O) groups excluding carboxylic acids is 3. The molecule has 0 bridgehead atoms. The van der Waals surface area contributed by atoms with Gasteiger partial charge in [-0.2, -0.15) is 0 Å². The molecule has 180 valence electrons. The smallest absolute Gasteiger partial charge is 0.338 e. The summed E-state index contributed by atoms with van der Waals surface area (Å²) in [5.74, 6) is -0.376. The summed E-state index contributed by atoms with van der Waals surface area (Å²) < 4.78 is 4.98. The number of ether oxygens (including phenoxy) is 1. The number of hydrogen-bond acceptors (Lipinski definition) is 5. The number of rotatable bonds is 6. The minimum Gasteiger partial charge on any atom is -0.462 e. The van der Waals surface area contributed by atoms with Crippen LogP contribution in [0.25, 0.3) is 0 Å². The molecule has 8 heteroatoms. The third kappa shape index (κ3) is 5.68. The first-order valence-corrected chi connectivity index (χ1v) is 12.1. The lowest BCUT2D eigenvalue weighted by Gasteiger charge is -2.31. The van der Waals surface area contributed by atoms with E-state index in [-0.39, 0.29) is 5.91 Å². The van der Waals surface area contributed by atoms with Crippen molar-refractivity contribution in [3.8, 4) is 0 Å². The summed E-state index contributed by atoms with van der Waals surface area (Å²) in [6.45, 7) is 5.49. The predicted molar refractivity (Wildman–Crippen MR) is 133 cm³/mol. The lowest BCUT2D eigenvalue weighted by molar-refractivity contribution is 0.0526. The van der Waals surface area contributed by atoms with Crippen molar-refractivity contribution >= 4 is 35.0 Å². The Labute approximate surface area is 200 Å². The largest absolute Gasteiger partial charge is 0.462 e. The van der Waals surface area contributed by atoms with Gasteiger partial charge >= 0.3 is 12.0 Å². The van der Waals surface area contributed by atoms with Gasteiger partial charge in [0.25, 0.3) is 5.91 Å². The number of urea groups is 1. The number of anilines is 3. The van der Waals surface area contributed by atoms with Crippen molar-refractivity contribution < 1.29 is 19.1 Å². The topological polar surface area (TPSA) is 91.0 Å². The Kier molecular flexibility index (Phi) is 7.67. The Hall–Kier alpha value is -3.55. The number of carbonyl (C=O) groups is 3. The van der Waals surface area contributed by atoms with Crippen LogP contribution in [0.1, 0.15) is 59.7 Å². The van der Waals surface area contributed by atoms with Gasteiger partial charge in [0.15, 0.2) is 0 Å². The van der Waals surface area contributed by atoms with Gasteiger partial charge in [-0.1, -0.05) is 0 Å². The molecule has 2 heterocycles. The van der Waals surface area contributed by atoms with Gasteiger partial charge in [0.05, 0.1) is 17.7 Å². The van der Waals surface area contributed by atoms with E-state index in [1.807, 2.05) is 17.0 Å². The summed E-state index contributed by atoms with van der Waals surface area (Å²) >= 11 is 0. The lowest BCUT2D eigenvalue weighted by Crippen LogP contribution is -2.34. The van der Waals surface area contributed by atoms with Crippen LogP contribution in [0, 0.1) is 0 Å². The van der Waals surface area contributed by atoms with Gasteiger partial charge in [-0.05, 0) is 81.5 Å². The fourth-order valence-electron chi connectivity index (χ4n) is 4.48. The molecule has 0 aromatic heterocycles. The van der Waals surface area contributed by atoms with E-state index < -0.39 is 12.0 Å². The SMILES string of the molecule is CCOC(=O)c1ccc(NC(=O)Nc2ccc(N3CCCCC3)c(C(=O)N3CCCC3)c2)cc1. The van der Waals surface area contributed by atoms with Crippen molar-refractivity contribution in [3.05, 3.63) is 53.6 Å². The number of nitrogens with zero attached hydrogens (tertiary/aromatic N) is 2. The number of amides is 3. The highest BCUT2D eigenvalue weighted by molar-refractivity contribution is 6.04. The van der Waals surface area contributed by atoms with E-state index in [9.17, 15) is 14.4 Å². The van der Waals surface area contributed by atoms with Gasteiger partial charge in [0, 0.05) is 43.2 Å². The van der Waals surface area contributed by atoms with Crippen LogP contribution < -0.4 is 15.5 Å². The molecule has 0 aliphatic carbocycles. The second-order valence-corrected chi connectivity index (χ2v) is 8.66. The maximum absolute atomic E-state index is 13.3. The molecule has 0 spiro atoms. The quantitative estimate of drug-likeness (QED) is 0.603. The zero-order valence-electron chi connectivity index (χ0n) is 19.6. The van der Waals surface area contributed by atoms with Gasteiger partial charge < -0.3 is 25.2 Å². The summed E-state index contributed by atoms with van der Waals surface area (Å²) in [7, 11) is 0. The maximum atomic E-state index is 13.3. The molecule has 2 aromatic carbocycles. The molecule has 2 aliphatic rings. The van der Waals surface area contributed by atoms with Crippen molar-refractivity contribution in [1.82, 2.24) is 4.90 Å². The average Bonchev–Trinajstić information content (AvgIpc) is 3.40. The Morgan fingerprint density at radius 1 is 0.824 bits per heavy atom. The highest BCUT2D eigenvalue weighted by Gasteiger charge is 2.25. The minimum absolute atomic E-state index is 0.0247. The lowest BCUT2D eigenvalue weighted by atomic mass is 10.1. The van der Waals surface area contributed by atoms with E-state index in [0.717, 1.165) is 57.5 Å².